The molecule has 2 fully saturated rings. The van der Waals surface area contributed by atoms with Crippen molar-refractivity contribution < 1.29 is 13.6 Å². The molecule has 0 saturated heterocycles. The highest BCUT2D eigenvalue weighted by Gasteiger charge is 2.51. The Morgan fingerprint density at radius 1 is 0.976 bits per heavy atom. The van der Waals surface area contributed by atoms with Gasteiger partial charge in [0.1, 0.15) is 0 Å². The Morgan fingerprint density at radius 2 is 1.61 bits per heavy atom. The molecule has 0 bridgehead atoms. The fourth-order valence-electron chi connectivity index (χ4n) is 7.88. The van der Waals surface area contributed by atoms with Gasteiger partial charge in [-0.1, -0.05) is 95.7 Å². The summed E-state index contributed by atoms with van der Waals surface area (Å²) < 4.78 is 23.2. The first-order valence-corrected chi connectivity index (χ1v) is 23.5. The average molecular weight is 713 g/mol. The summed E-state index contributed by atoms with van der Waals surface area (Å²) in [4.78, 5) is 0. The van der Waals surface area contributed by atoms with Gasteiger partial charge in [0.15, 0.2) is 16.6 Å². The molecule has 3 aliphatic carbocycles. The van der Waals surface area contributed by atoms with E-state index in [2.05, 4.69) is 120 Å². The molecule has 2 saturated carbocycles. The number of halogens is 1. The minimum atomic E-state index is -1.95. The molecule has 0 radical (unpaired) electrons. The van der Waals surface area contributed by atoms with E-state index in [-0.39, 0.29) is 28.4 Å². The molecule has 0 aromatic carbocycles. The molecule has 1 unspecified atom stereocenters. The van der Waals surface area contributed by atoms with Crippen molar-refractivity contribution >= 4 is 39.2 Å². The van der Waals surface area contributed by atoms with Crippen LogP contribution >= 0.6 is 22.6 Å². The van der Waals surface area contributed by atoms with Crippen molar-refractivity contribution in [2.45, 2.75) is 155 Å². The summed E-state index contributed by atoms with van der Waals surface area (Å²) in [5.41, 5.74) is 5.01. The second kappa shape index (κ2) is 12.2. The number of allylic oxidation sites excluding steroid dienone is 2. The van der Waals surface area contributed by atoms with Crippen LogP contribution in [0.15, 0.2) is 33.0 Å². The van der Waals surface area contributed by atoms with Gasteiger partial charge in [-0.15, -0.1) is 0 Å². The third-order valence-corrected chi connectivity index (χ3v) is 21.8. The van der Waals surface area contributed by atoms with Crippen LogP contribution in [0.3, 0.4) is 0 Å². The van der Waals surface area contributed by atoms with Crippen LogP contribution in [0.2, 0.25) is 36.3 Å². The Kier molecular flexibility index (Phi) is 10.2. The smallest absolute Gasteiger partial charge is 0.192 e. The second-order valence-electron chi connectivity index (χ2n) is 17.1. The summed E-state index contributed by atoms with van der Waals surface area (Å²) >= 11 is 2.39. The van der Waals surface area contributed by atoms with E-state index in [1.54, 1.807) is 5.57 Å². The molecule has 4 rings (SSSR count). The third-order valence-electron chi connectivity index (χ3n) is 12.4. The molecule has 234 valence electrons. The molecule has 0 N–H and O–H groups in total. The van der Waals surface area contributed by atoms with Crippen LogP contribution in [0.5, 0.6) is 0 Å². The highest BCUT2D eigenvalue weighted by Crippen LogP contribution is 2.60. The Labute approximate surface area is 269 Å². The molecular weight excluding hydrogens is 651 g/mol. The average Bonchev–Trinajstić information content (AvgIpc) is 3.38. The van der Waals surface area contributed by atoms with Crippen LogP contribution in [-0.2, 0) is 13.6 Å². The second-order valence-corrected chi connectivity index (χ2v) is 27.3. The maximum atomic E-state index is 7.18. The first kappa shape index (κ1) is 34.1. The van der Waals surface area contributed by atoms with Crippen molar-refractivity contribution in [1.82, 2.24) is 0 Å². The van der Waals surface area contributed by atoms with Crippen LogP contribution in [0.1, 0.15) is 100 Å². The lowest BCUT2D eigenvalue weighted by molar-refractivity contribution is 0.0974. The number of ether oxygens (including phenoxy) is 1. The van der Waals surface area contributed by atoms with Crippen molar-refractivity contribution in [2.24, 2.45) is 23.2 Å². The van der Waals surface area contributed by atoms with E-state index in [0.717, 1.165) is 25.4 Å². The summed E-state index contributed by atoms with van der Waals surface area (Å²) in [7, 11) is -3.86. The van der Waals surface area contributed by atoms with Crippen LogP contribution < -0.4 is 0 Å². The zero-order chi connectivity index (χ0) is 30.6. The van der Waals surface area contributed by atoms with Crippen LogP contribution in [0.4, 0.5) is 0 Å². The standard InChI is InChI=1S/C35H61IO3Si2/c1-24(17-19-36)29-15-16-30-25(14-13-18-35(29,30)8)20-31-27-21-26(38-40(9,10)33(2,3)4)22-32(28(27)23-37-31)39-41(11,12)34(5,6)7/h17,19-20,24,26,29-32H,13-16,18,21-23H2,1-12H3/b19-17+,25-20+/t24-,26-,29-,30+,31?,32+,35-/m1/s1. The highest BCUT2D eigenvalue weighted by molar-refractivity contribution is 14.1. The van der Waals surface area contributed by atoms with E-state index in [0.29, 0.717) is 17.3 Å². The van der Waals surface area contributed by atoms with Gasteiger partial charge in [0, 0.05) is 6.42 Å². The first-order chi connectivity index (χ1) is 18.8. The van der Waals surface area contributed by atoms with Crippen LogP contribution in [0, 0.1) is 23.2 Å². The number of hydrogen-bond donors (Lipinski definition) is 0. The molecule has 6 heteroatoms. The topological polar surface area (TPSA) is 27.7 Å². The predicted molar refractivity (Wildman–Crippen MR) is 189 cm³/mol. The molecule has 0 aromatic rings. The molecule has 1 heterocycles. The quantitative estimate of drug-likeness (QED) is 0.149. The summed E-state index contributed by atoms with van der Waals surface area (Å²) in [5.74, 6) is 2.13. The molecule has 41 heavy (non-hydrogen) atoms. The van der Waals surface area contributed by atoms with E-state index in [1.807, 2.05) is 0 Å². The molecule has 3 nitrogen and oxygen atoms in total. The van der Waals surface area contributed by atoms with Crippen LogP contribution in [-0.4, -0.2) is 41.6 Å². The first-order valence-electron chi connectivity index (χ1n) is 16.5. The summed E-state index contributed by atoms with van der Waals surface area (Å²) in [6.07, 6.45) is 14.0. The molecule has 1 aliphatic heterocycles. The number of fused-ring (bicyclic) bond motifs is 1. The maximum absolute atomic E-state index is 7.18. The summed E-state index contributed by atoms with van der Waals surface area (Å²) in [6, 6.07) is 0. The Hall–Kier alpha value is 0.264. The molecular formula is C35H61IO3Si2. The van der Waals surface area contributed by atoms with E-state index in [1.165, 1.54) is 43.3 Å². The van der Waals surface area contributed by atoms with Crippen molar-refractivity contribution in [3.63, 3.8) is 0 Å². The predicted octanol–water partition coefficient (Wildman–Crippen LogP) is 11.0. The lowest BCUT2D eigenvalue weighted by Gasteiger charge is -2.45. The zero-order valence-corrected chi connectivity index (χ0v) is 32.6. The van der Waals surface area contributed by atoms with Crippen molar-refractivity contribution in [2.75, 3.05) is 6.61 Å². The molecule has 0 amide bonds. The normalized spacial score (nSPS) is 35.3. The summed E-state index contributed by atoms with van der Waals surface area (Å²) in [6.45, 7) is 29.5. The molecule has 7 atom stereocenters. The number of rotatable bonds is 7. The molecule has 0 aromatic heterocycles. The SMILES string of the molecule is C[C@H](/C=C/I)[C@H]1CC[C@H]2/C(=C/C3OCC4=C3C[C@@H](O[Si](C)(C)C(C)(C)C)C[C@@H]4O[Si](C)(C)C(C)(C)C)CCC[C@]12C. The fraction of sp³-hybridized carbons (Fsp3) is 0.829. The monoisotopic (exact) mass is 712 g/mol. The van der Waals surface area contributed by atoms with E-state index in [9.17, 15) is 0 Å². The van der Waals surface area contributed by atoms with Gasteiger partial charge in [0.25, 0.3) is 0 Å². The Balaban J connectivity index is 1.65. The Bertz CT molecular complexity index is 1050. The summed E-state index contributed by atoms with van der Waals surface area (Å²) in [5, 5.41) is 0.372. The van der Waals surface area contributed by atoms with Gasteiger partial charge in [0.2, 0.25) is 0 Å². The lowest BCUT2D eigenvalue weighted by atomic mass is 9.61. The van der Waals surface area contributed by atoms with Crippen molar-refractivity contribution in [3.8, 4) is 0 Å². The molecule has 0 spiro atoms. The van der Waals surface area contributed by atoms with Crippen LogP contribution in [0.25, 0.3) is 0 Å². The van der Waals surface area contributed by atoms with Gasteiger partial charge in [0.05, 0.1) is 24.9 Å². The van der Waals surface area contributed by atoms with Gasteiger partial charge in [-0.05, 0) is 113 Å². The minimum absolute atomic E-state index is 0.0874. The van der Waals surface area contributed by atoms with Gasteiger partial charge < -0.3 is 13.6 Å². The largest absolute Gasteiger partial charge is 0.414 e. The van der Waals surface area contributed by atoms with E-state index in [4.69, 9.17) is 13.6 Å². The van der Waals surface area contributed by atoms with E-state index >= 15 is 0 Å². The third kappa shape index (κ3) is 6.93. The van der Waals surface area contributed by atoms with Crippen molar-refractivity contribution in [1.29, 1.82) is 0 Å². The van der Waals surface area contributed by atoms with Gasteiger partial charge in [-0.3, -0.25) is 0 Å². The maximum Gasteiger partial charge on any atom is 0.192 e. The van der Waals surface area contributed by atoms with Gasteiger partial charge in [-0.25, -0.2) is 0 Å². The molecule has 4 aliphatic rings. The number of hydrogen-bond acceptors (Lipinski definition) is 3. The van der Waals surface area contributed by atoms with Gasteiger partial charge in [-0.2, -0.15) is 0 Å². The Morgan fingerprint density at radius 3 is 2.22 bits per heavy atom. The lowest BCUT2D eigenvalue weighted by Crippen LogP contribution is -2.49. The van der Waals surface area contributed by atoms with E-state index < -0.39 is 16.6 Å². The zero-order valence-electron chi connectivity index (χ0n) is 28.5. The highest BCUT2D eigenvalue weighted by atomic mass is 127. The van der Waals surface area contributed by atoms with Crippen molar-refractivity contribution in [3.05, 3.63) is 33.0 Å². The minimum Gasteiger partial charge on any atom is -0.414 e. The fourth-order valence-corrected chi connectivity index (χ4v) is 11.2. The van der Waals surface area contributed by atoms with Gasteiger partial charge >= 0.3 is 0 Å².